The predicted molar refractivity (Wildman–Crippen MR) is 75.9 cm³/mol. The van der Waals surface area contributed by atoms with Gasteiger partial charge in [0.15, 0.2) is 0 Å². The van der Waals surface area contributed by atoms with Gasteiger partial charge in [-0.2, -0.15) is 0 Å². The van der Waals surface area contributed by atoms with Crippen molar-refractivity contribution >= 4 is 0 Å². The Labute approximate surface area is 111 Å². The number of hydrogen-bond donors (Lipinski definition) is 0. The summed E-state index contributed by atoms with van der Waals surface area (Å²) in [7, 11) is 2.25. The molecule has 98 valence electrons. The van der Waals surface area contributed by atoms with E-state index in [1.807, 2.05) is 0 Å². The van der Waals surface area contributed by atoms with Gasteiger partial charge in [0.05, 0.1) is 0 Å². The van der Waals surface area contributed by atoms with Crippen molar-refractivity contribution in [1.29, 1.82) is 0 Å². The molecule has 0 saturated carbocycles. The summed E-state index contributed by atoms with van der Waals surface area (Å²) < 4.78 is 0. The lowest BCUT2D eigenvalue weighted by Crippen LogP contribution is -2.42. The van der Waals surface area contributed by atoms with E-state index in [1.54, 1.807) is 5.56 Å². The predicted octanol–water partition coefficient (Wildman–Crippen LogP) is 2.57. The first-order chi connectivity index (χ1) is 8.83. The van der Waals surface area contributed by atoms with Crippen LogP contribution in [-0.2, 0) is 0 Å². The van der Waals surface area contributed by atoms with Crippen LogP contribution in [0, 0.1) is 0 Å². The molecular weight excluding hydrogens is 220 g/mol. The highest BCUT2D eigenvalue weighted by Crippen LogP contribution is 2.29. The van der Waals surface area contributed by atoms with Gasteiger partial charge in [-0.3, -0.25) is 4.90 Å². The van der Waals surface area contributed by atoms with Gasteiger partial charge in [0.2, 0.25) is 0 Å². The van der Waals surface area contributed by atoms with Crippen LogP contribution in [0.3, 0.4) is 0 Å². The Morgan fingerprint density at radius 2 is 1.67 bits per heavy atom. The van der Waals surface area contributed by atoms with Gasteiger partial charge in [-0.25, -0.2) is 0 Å². The third-order valence-electron chi connectivity index (χ3n) is 4.68. The van der Waals surface area contributed by atoms with Gasteiger partial charge in [-0.05, 0) is 57.4 Å². The number of benzene rings is 1. The third-order valence-corrected chi connectivity index (χ3v) is 4.68. The minimum absolute atomic E-state index is 0.793. The lowest BCUT2D eigenvalue weighted by molar-refractivity contribution is 0.154. The molecule has 1 aromatic carbocycles. The van der Waals surface area contributed by atoms with E-state index in [2.05, 4.69) is 47.2 Å². The Bertz CT molecular complexity index is 368. The molecule has 2 heteroatoms. The zero-order valence-electron chi connectivity index (χ0n) is 11.4. The van der Waals surface area contributed by atoms with Crippen molar-refractivity contribution in [2.45, 2.75) is 31.2 Å². The topological polar surface area (TPSA) is 6.48 Å². The van der Waals surface area contributed by atoms with Crippen molar-refractivity contribution in [3.8, 4) is 0 Å². The van der Waals surface area contributed by atoms with Gasteiger partial charge in [-0.15, -0.1) is 0 Å². The van der Waals surface area contributed by atoms with E-state index >= 15 is 0 Å². The largest absolute Gasteiger partial charge is 0.305 e. The fourth-order valence-electron chi connectivity index (χ4n) is 3.53. The van der Waals surface area contributed by atoms with Crippen molar-refractivity contribution < 1.29 is 0 Å². The van der Waals surface area contributed by atoms with Crippen LogP contribution in [-0.4, -0.2) is 49.1 Å². The molecule has 0 amide bonds. The molecule has 3 rings (SSSR count). The van der Waals surface area contributed by atoms with Crippen LogP contribution in [0.1, 0.15) is 30.7 Å². The van der Waals surface area contributed by atoms with Gasteiger partial charge in [-0.1, -0.05) is 30.3 Å². The van der Waals surface area contributed by atoms with Crippen molar-refractivity contribution in [3.05, 3.63) is 35.9 Å². The molecule has 18 heavy (non-hydrogen) atoms. The smallest absolute Gasteiger partial charge is 0.0235 e. The molecule has 2 heterocycles. The minimum atomic E-state index is 0.793. The standard InChI is InChI=1S/C16H24N2/c1-17-10-9-16(13-17)18-11-7-15(8-12-18)14-5-3-2-4-6-14/h2-6,15-16H,7-13H2,1H3. The fraction of sp³-hybridized carbons (Fsp3) is 0.625. The van der Waals surface area contributed by atoms with Crippen LogP contribution in [0.5, 0.6) is 0 Å². The van der Waals surface area contributed by atoms with Crippen LogP contribution in [0.4, 0.5) is 0 Å². The van der Waals surface area contributed by atoms with E-state index in [4.69, 9.17) is 0 Å². The van der Waals surface area contributed by atoms with E-state index in [0.717, 1.165) is 12.0 Å². The molecular formula is C16H24N2. The second-order valence-corrected chi connectivity index (χ2v) is 5.93. The normalized spacial score (nSPS) is 27.7. The van der Waals surface area contributed by atoms with E-state index < -0.39 is 0 Å². The Kier molecular flexibility index (Phi) is 3.67. The Hall–Kier alpha value is -0.860. The van der Waals surface area contributed by atoms with Crippen molar-refractivity contribution in [3.63, 3.8) is 0 Å². The SMILES string of the molecule is CN1CCC(N2CCC(c3ccccc3)CC2)C1. The Balaban J connectivity index is 1.55. The quantitative estimate of drug-likeness (QED) is 0.789. The lowest BCUT2D eigenvalue weighted by atomic mass is 9.89. The van der Waals surface area contributed by atoms with Gasteiger partial charge in [0.25, 0.3) is 0 Å². The molecule has 1 unspecified atom stereocenters. The number of likely N-dealkylation sites (N-methyl/N-ethyl adjacent to an activating group) is 1. The summed E-state index contributed by atoms with van der Waals surface area (Å²) in [5.74, 6) is 0.793. The molecule has 0 aliphatic carbocycles. The summed E-state index contributed by atoms with van der Waals surface area (Å²) in [6.45, 7) is 5.13. The van der Waals surface area contributed by atoms with Crippen LogP contribution >= 0.6 is 0 Å². The first kappa shape index (κ1) is 12.2. The molecule has 0 bridgehead atoms. The lowest BCUT2D eigenvalue weighted by Gasteiger charge is -2.36. The summed E-state index contributed by atoms with van der Waals surface area (Å²) in [5.41, 5.74) is 1.54. The van der Waals surface area contributed by atoms with Crippen LogP contribution in [0.25, 0.3) is 0 Å². The minimum Gasteiger partial charge on any atom is -0.305 e. The number of rotatable bonds is 2. The van der Waals surface area contributed by atoms with Crippen molar-refractivity contribution in [2.75, 3.05) is 33.2 Å². The summed E-state index contributed by atoms with van der Waals surface area (Å²) in [6.07, 6.45) is 4.04. The first-order valence-electron chi connectivity index (χ1n) is 7.30. The summed E-state index contributed by atoms with van der Waals surface area (Å²) in [4.78, 5) is 5.19. The number of nitrogens with zero attached hydrogens (tertiary/aromatic N) is 2. The average Bonchev–Trinajstić information content (AvgIpc) is 2.87. The zero-order valence-corrected chi connectivity index (χ0v) is 11.4. The van der Waals surface area contributed by atoms with Gasteiger partial charge in [0, 0.05) is 12.6 Å². The number of hydrogen-bond acceptors (Lipinski definition) is 2. The molecule has 0 spiro atoms. The second-order valence-electron chi connectivity index (χ2n) is 5.93. The van der Waals surface area contributed by atoms with E-state index in [-0.39, 0.29) is 0 Å². The maximum Gasteiger partial charge on any atom is 0.0235 e. The molecule has 0 N–H and O–H groups in total. The molecule has 1 atom stereocenters. The highest BCUT2D eigenvalue weighted by Gasteiger charge is 2.29. The Morgan fingerprint density at radius 1 is 0.944 bits per heavy atom. The van der Waals surface area contributed by atoms with Crippen molar-refractivity contribution in [1.82, 2.24) is 9.80 Å². The molecule has 2 saturated heterocycles. The second kappa shape index (κ2) is 5.41. The first-order valence-corrected chi connectivity index (χ1v) is 7.30. The number of likely N-dealkylation sites (tertiary alicyclic amines) is 2. The molecule has 2 nitrogen and oxygen atoms in total. The van der Waals surface area contributed by atoms with Gasteiger partial charge >= 0.3 is 0 Å². The molecule has 2 aliphatic heterocycles. The molecule has 1 aromatic rings. The maximum atomic E-state index is 2.73. The van der Waals surface area contributed by atoms with Crippen LogP contribution in [0.2, 0.25) is 0 Å². The fourth-order valence-corrected chi connectivity index (χ4v) is 3.53. The monoisotopic (exact) mass is 244 g/mol. The van der Waals surface area contributed by atoms with Crippen molar-refractivity contribution in [2.24, 2.45) is 0 Å². The van der Waals surface area contributed by atoms with E-state index in [9.17, 15) is 0 Å². The molecule has 2 fully saturated rings. The van der Waals surface area contributed by atoms with Gasteiger partial charge < -0.3 is 4.90 Å². The summed E-state index contributed by atoms with van der Waals surface area (Å²) in [6, 6.07) is 11.9. The van der Waals surface area contributed by atoms with E-state index in [0.29, 0.717) is 0 Å². The summed E-state index contributed by atoms with van der Waals surface area (Å²) >= 11 is 0. The van der Waals surface area contributed by atoms with Crippen LogP contribution in [0.15, 0.2) is 30.3 Å². The molecule has 0 aromatic heterocycles. The highest BCUT2D eigenvalue weighted by atomic mass is 15.2. The van der Waals surface area contributed by atoms with E-state index in [1.165, 1.54) is 45.4 Å². The highest BCUT2D eigenvalue weighted by molar-refractivity contribution is 5.20. The molecule has 2 aliphatic rings. The Morgan fingerprint density at radius 3 is 2.28 bits per heavy atom. The average molecular weight is 244 g/mol. The maximum absolute atomic E-state index is 2.73. The number of piperidine rings is 1. The van der Waals surface area contributed by atoms with Crippen LogP contribution < -0.4 is 0 Å². The summed E-state index contributed by atoms with van der Waals surface area (Å²) in [5, 5.41) is 0. The third kappa shape index (κ3) is 2.60. The van der Waals surface area contributed by atoms with Gasteiger partial charge in [0.1, 0.15) is 0 Å². The zero-order chi connectivity index (χ0) is 12.4. The molecule has 0 radical (unpaired) electrons.